The second kappa shape index (κ2) is 5.19. The second-order valence-electron chi connectivity index (χ2n) is 6.78. The molecular weight excluding hydrogens is 302 g/mol. The lowest BCUT2D eigenvalue weighted by atomic mass is 10.1. The molecule has 122 valence electrons. The first-order valence-electron chi connectivity index (χ1n) is 8.59. The summed E-state index contributed by atoms with van der Waals surface area (Å²) in [4.78, 5) is 15.7. The van der Waals surface area contributed by atoms with Crippen LogP contribution in [0.15, 0.2) is 30.5 Å². The van der Waals surface area contributed by atoms with Gasteiger partial charge in [-0.25, -0.2) is 0 Å². The summed E-state index contributed by atoms with van der Waals surface area (Å²) in [5, 5.41) is 12.8. The molecule has 2 N–H and O–H groups in total. The van der Waals surface area contributed by atoms with Gasteiger partial charge in [-0.2, -0.15) is 0 Å². The third-order valence-electron chi connectivity index (χ3n) is 4.89. The SMILES string of the molecule is O=C(NCc1nnc(C2CC2)n1C1CC1)c1cccc2cc[nH]c12. The number of benzene rings is 1. The average Bonchev–Trinajstić information content (AvgIpc) is 3.53. The molecular formula is C18H19N5O. The van der Waals surface area contributed by atoms with Gasteiger partial charge in [0.15, 0.2) is 5.82 Å². The van der Waals surface area contributed by atoms with Gasteiger partial charge in [0, 0.05) is 23.5 Å². The van der Waals surface area contributed by atoms with E-state index >= 15 is 0 Å². The van der Waals surface area contributed by atoms with Crippen LogP contribution in [0.25, 0.3) is 10.9 Å². The number of H-pyrrole nitrogens is 1. The minimum atomic E-state index is -0.0821. The fraction of sp³-hybridized carbons (Fsp3) is 0.389. The van der Waals surface area contributed by atoms with E-state index in [1.165, 1.54) is 25.7 Å². The maximum Gasteiger partial charge on any atom is 0.253 e. The van der Waals surface area contributed by atoms with Crippen molar-refractivity contribution in [2.24, 2.45) is 0 Å². The molecule has 2 saturated carbocycles. The number of para-hydroxylation sites is 1. The number of hydrogen-bond donors (Lipinski definition) is 2. The molecule has 0 unspecified atom stereocenters. The maximum absolute atomic E-state index is 12.6. The van der Waals surface area contributed by atoms with Gasteiger partial charge in [0.25, 0.3) is 5.91 Å². The Labute approximate surface area is 139 Å². The number of hydrogen-bond acceptors (Lipinski definition) is 3. The summed E-state index contributed by atoms with van der Waals surface area (Å²) in [5.74, 6) is 2.50. The van der Waals surface area contributed by atoms with Crippen molar-refractivity contribution in [2.45, 2.75) is 44.2 Å². The van der Waals surface area contributed by atoms with E-state index in [9.17, 15) is 4.79 Å². The Hall–Kier alpha value is -2.63. The van der Waals surface area contributed by atoms with Gasteiger partial charge in [-0.3, -0.25) is 4.79 Å². The maximum atomic E-state index is 12.6. The molecule has 1 aromatic carbocycles. The predicted molar refractivity (Wildman–Crippen MR) is 89.7 cm³/mol. The zero-order valence-electron chi connectivity index (χ0n) is 13.3. The first kappa shape index (κ1) is 13.8. The normalized spacial score (nSPS) is 17.3. The monoisotopic (exact) mass is 321 g/mol. The van der Waals surface area contributed by atoms with Gasteiger partial charge >= 0.3 is 0 Å². The van der Waals surface area contributed by atoms with Gasteiger partial charge < -0.3 is 14.9 Å². The topological polar surface area (TPSA) is 75.6 Å². The molecule has 6 heteroatoms. The first-order chi connectivity index (χ1) is 11.8. The van der Waals surface area contributed by atoms with E-state index in [4.69, 9.17) is 0 Å². The molecule has 0 saturated heterocycles. The van der Waals surface area contributed by atoms with Crippen LogP contribution in [-0.4, -0.2) is 25.7 Å². The first-order valence-corrected chi connectivity index (χ1v) is 8.59. The van der Waals surface area contributed by atoms with E-state index in [2.05, 4.69) is 25.1 Å². The Morgan fingerprint density at radius 1 is 1.21 bits per heavy atom. The van der Waals surface area contributed by atoms with Crippen molar-refractivity contribution in [3.63, 3.8) is 0 Å². The molecule has 0 aliphatic heterocycles. The third-order valence-corrected chi connectivity index (χ3v) is 4.89. The van der Waals surface area contributed by atoms with E-state index < -0.39 is 0 Å². The molecule has 6 nitrogen and oxygen atoms in total. The van der Waals surface area contributed by atoms with Crippen molar-refractivity contribution in [1.29, 1.82) is 0 Å². The number of aromatic amines is 1. The predicted octanol–water partition coefficient (Wildman–Crippen LogP) is 2.90. The van der Waals surface area contributed by atoms with Gasteiger partial charge in [0.2, 0.25) is 0 Å². The molecule has 0 spiro atoms. The fourth-order valence-corrected chi connectivity index (χ4v) is 3.34. The standard InChI is InChI=1S/C18H19N5O/c24-18(14-3-1-2-11-8-9-19-16(11)14)20-10-15-21-22-17(12-4-5-12)23(15)13-6-7-13/h1-3,8-9,12-13,19H,4-7,10H2,(H,20,24). The Morgan fingerprint density at radius 3 is 2.88 bits per heavy atom. The number of carbonyl (C=O) groups is 1. The summed E-state index contributed by atoms with van der Waals surface area (Å²) in [6, 6.07) is 8.25. The lowest BCUT2D eigenvalue weighted by Crippen LogP contribution is -2.25. The van der Waals surface area contributed by atoms with Crippen LogP contribution < -0.4 is 5.32 Å². The van der Waals surface area contributed by atoms with E-state index in [1.54, 1.807) is 0 Å². The molecule has 3 aromatic rings. The van der Waals surface area contributed by atoms with Crippen molar-refractivity contribution < 1.29 is 4.79 Å². The Kier molecular flexibility index (Phi) is 2.98. The molecule has 1 amide bonds. The van der Waals surface area contributed by atoms with Gasteiger partial charge in [0.1, 0.15) is 5.82 Å². The molecule has 0 atom stereocenters. The number of nitrogens with zero attached hydrogens (tertiary/aromatic N) is 3. The largest absolute Gasteiger partial charge is 0.361 e. The van der Waals surface area contributed by atoms with Gasteiger partial charge in [-0.05, 0) is 37.8 Å². The number of aromatic nitrogens is 4. The molecule has 0 radical (unpaired) electrons. The fourth-order valence-electron chi connectivity index (χ4n) is 3.34. The van der Waals surface area contributed by atoms with E-state index in [1.807, 2.05) is 30.5 Å². The van der Waals surface area contributed by atoms with E-state index in [-0.39, 0.29) is 5.91 Å². The van der Waals surface area contributed by atoms with Crippen LogP contribution >= 0.6 is 0 Å². The zero-order valence-corrected chi connectivity index (χ0v) is 13.3. The molecule has 2 aromatic heterocycles. The highest BCUT2D eigenvalue weighted by Crippen LogP contribution is 2.44. The number of carbonyl (C=O) groups excluding carboxylic acids is 1. The summed E-state index contributed by atoms with van der Waals surface area (Å²) >= 11 is 0. The van der Waals surface area contributed by atoms with Crippen molar-refractivity contribution in [3.8, 4) is 0 Å². The number of rotatable bonds is 5. The molecule has 2 aliphatic carbocycles. The van der Waals surface area contributed by atoms with Crippen LogP contribution in [-0.2, 0) is 6.54 Å². The highest BCUT2D eigenvalue weighted by atomic mass is 16.1. The Balaban J connectivity index is 1.38. The third kappa shape index (κ3) is 2.29. The van der Waals surface area contributed by atoms with Gasteiger partial charge in [-0.1, -0.05) is 12.1 Å². The van der Waals surface area contributed by atoms with Crippen LogP contribution in [0.4, 0.5) is 0 Å². The van der Waals surface area contributed by atoms with Crippen LogP contribution in [0.5, 0.6) is 0 Å². The van der Waals surface area contributed by atoms with Gasteiger partial charge in [-0.15, -0.1) is 10.2 Å². The number of amides is 1. The van der Waals surface area contributed by atoms with Crippen molar-refractivity contribution in [3.05, 3.63) is 47.7 Å². The molecule has 5 rings (SSSR count). The molecule has 2 aliphatic rings. The van der Waals surface area contributed by atoms with Crippen molar-refractivity contribution >= 4 is 16.8 Å². The van der Waals surface area contributed by atoms with Crippen LogP contribution in [0.2, 0.25) is 0 Å². The van der Waals surface area contributed by atoms with Crippen LogP contribution in [0.3, 0.4) is 0 Å². The second-order valence-corrected chi connectivity index (χ2v) is 6.78. The van der Waals surface area contributed by atoms with Gasteiger partial charge in [0.05, 0.1) is 17.6 Å². The minimum absolute atomic E-state index is 0.0821. The molecule has 24 heavy (non-hydrogen) atoms. The summed E-state index contributed by atoms with van der Waals surface area (Å²) < 4.78 is 2.27. The van der Waals surface area contributed by atoms with Crippen molar-refractivity contribution in [2.75, 3.05) is 0 Å². The number of fused-ring (bicyclic) bond motifs is 1. The lowest BCUT2D eigenvalue weighted by Gasteiger charge is -2.10. The molecule has 2 fully saturated rings. The quantitative estimate of drug-likeness (QED) is 0.758. The summed E-state index contributed by atoms with van der Waals surface area (Å²) in [6.07, 6.45) is 6.67. The number of nitrogens with one attached hydrogen (secondary N) is 2. The summed E-state index contributed by atoms with van der Waals surface area (Å²) in [6.45, 7) is 0.423. The Morgan fingerprint density at radius 2 is 2.08 bits per heavy atom. The molecule has 2 heterocycles. The van der Waals surface area contributed by atoms with Crippen molar-refractivity contribution in [1.82, 2.24) is 25.1 Å². The smallest absolute Gasteiger partial charge is 0.253 e. The average molecular weight is 321 g/mol. The van der Waals surface area contributed by atoms with Crippen LogP contribution in [0.1, 0.15) is 59.6 Å². The summed E-state index contributed by atoms with van der Waals surface area (Å²) in [7, 11) is 0. The summed E-state index contributed by atoms with van der Waals surface area (Å²) in [5.41, 5.74) is 1.54. The van der Waals surface area contributed by atoms with E-state index in [0.29, 0.717) is 24.1 Å². The van der Waals surface area contributed by atoms with E-state index in [0.717, 1.165) is 22.6 Å². The highest BCUT2D eigenvalue weighted by Gasteiger charge is 2.36. The van der Waals surface area contributed by atoms with Crippen LogP contribution in [0, 0.1) is 0 Å². The molecule has 0 bridgehead atoms. The minimum Gasteiger partial charge on any atom is -0.361 e. The Bertz CT molecular complexity index is 917. The lowest BCUT2D eigenvalue weighted by molar-refractivity contribution is 0.0951. The highest BCUT2D eigenvalue weighted by molar-refractivity contribution is 6.05. The zero-order chi connectivity index (χ0) is 16.1.